The lowest BCUT2D eigenvalue weighted by molar-refractivity contribution is 0.399. The van der Waals surface area contributed by atoms with Gasteiger partial charge in [-0.15, -0.1) is 0 Å². The highest BCUT2D eigenvalue weighted by Gasteiger charge is 2.20. The molecule has 0 saturated carbocycles. The zero-order chi connectivity index (χ0) is 14.4. The molecular formula is C15H18BrN3O. The number of methoxy groups -OCH3 is 1. The van der Waals surface area contributed by atoms with Crippen molar-refractivity contribution in [1.82, 2.24) is 15.3 Å². The van der Waals surface area contributed by atoms with Crippen LogP contribution in [0.2, 0.25) is 0 Å². The van der Waals surface area contributed by atoms with E-state index in [4.69, 9.17) is 4.74 Å². The third kappa shape index (κ3) is 3.55. The number of hydrogen-bond acceptors (Lipinski definition) is 4. The fraction of sp³-hybridized carbons (Fsp3) is 0.333. The molecule has 0 bridgehead atoms. The molecule has 2 aromatic rings. The Morgan fingerprint density at radius 1 is 1.30 bits per heavy atom. The fourth-order valence-electron chi connectivity index (χ4n) is 1.98. The van der Waals surface area contributed by atoms with Crippen LogP contribution < -0.4 is 10.1 Å². The Labute approximate surface area is 127 Å². The Kier molecular flexibility index (Phi) is 5.49. The number of ether oxygens (including phenoxy) is 1. The molecule has 0 fully saturated rings. The molecule has 2 rings (SSSR count). The average Bonchev–Trinajstić information content (AvgIpc) is 2.50. The largest absolute Gasteiger partial charge is 0.495 e. The van der Waals surface area contributed by atoms with E-state index in [1.807, 2.05) is 24.3 Å². The monoisotopic (exact) mass is 335 g/mol. The van der Waals surface area contributed by atoms with Gasteiger partial charge in [0.05, 0.1) is 18.8 Å². The second-order valence-electron chi connectivity index (χ2n) is 4.38. The molecule has 1 unspecified atom stereocenters. The van der Waals surface area contributed by atoms with E-state index in [-0.39, 0.29) is 6.04 Å². The van der Waals surface area contributed by atoms with E-state index >= 15 is 0 Å². The van der Waals surface area contributed by atoms with Gasteiger partial charge in [-0.2, -0.15) is 0 Å². The molecular weight excluding hydrogens is 318 g/mol. The summed E-state index contributed by atoms with van der Waals surface area (Å²) in [6.45, 7) is 3.02. The number of nitrogens with zero attached hydrogens (tertiary/aromatic N) is 2. The second kappa shape index (κ2) is 7.36. The van der Waals surface area contributed by atoms with Gasteiger partial charge in [0.15, 0.2) is 0 Å². The lowest BCUT2D eigenvalue weighted by Gasteiger charge is -2.19. The molecule has 20 heavy (non-hydrogen) atoms. The van der Waals surface area contributed by atoms with Crippen LogP contribution in [0, 0.1) is 0 Å². The number of hydrogen-bond donors (Lipinski definition) is 1. The highest BCUT2D eigenvalue weighted by Crippen LogP contribution is 2.27. The summed E-state index contributed by atoms with van der Waals surface area (Å²) in [5, 5.41) is 3.48. The number of rotatable bonds is 6. The number of aromatic nitrogens is 2. The van der Waals surface area contributed by atoms with Gasteiger partial charge in [0.1, 0.15) is 11.4 Å². The van der Waals surface area contributed by atoms with Gasteiger partial charge >= 0.3 is 0 Å². The van der Waals surface area contributed by atoms with Gasteiger partial charge in [0.25, 0.3) is 0 Å². The maximum atomic E-state index is 5.41. The van der Waals surface area contributed by atoms with E-state index in [0.29, 0.717) is 0 Å². The summed E-state index contributed by atoms with van der Waals surface area (Å²) in [6.07, 6.45) is 4.62. The molecule has 0 spiro atoms. The van der Waals surface area contributed by atoms with E-state index < -0.39 is 0 Å². The molecule has 1 N–H and O–H groups in total. The van der Waals surface area contributed by atoms with Gasteiger partial charge in [-0.1, -0.05) is 6.92 Å². The molecule has 4 nitrogen and oxygen atoms in total. The summed E-state index contributed by atoms with van der Waals surface area (Å²) in [5.74, 6) is 0.769. The molecule has 0 aliphatic heterocycles. The third-order valence-electron chi connectivity index (χ3n) is 2.94. The summed E-state index contributed by atoms with van der Waals surface area (Å²) in [4.78, 5) is 8.94. The van der Waals surface area contributed by atoms with Crippen molar-refractivity contribution in [1.29, 1.82) is 0 Å². The van der Waals surface area contributed by atoms with Crippen LogP contribution in [0.4, 0.5) is 0 Å². The Balaban J connectivity index is 2.38. The zero-order valence-corrected chi connectivity index (χ0v) is 13.2. The highest BCUT2D eigenvalue weighted by atomic mass is 79.9. The predicted octanol–water partition coefficient (Wildman–Crippen LogP) is 3.34. The molecule has 106 valence electrons. The fourth-order valence-corrected chi connectivity index (χ4v) is 2.21. The van der Waals surface area contributed by atoms with Crippen LogP contribution in [0.5, 0.6) is 5.75 Å². The van der Waals surface area contributed by atoms with Crippen molar-refractivity contribution in [3.63, 3.8) is 0 Å². The zero-order valence-electron chi connectivity index (χ0n) is 11.6. The topological polar surface area (TPSA) is 47.0 Å². The van der Waals surface area contributed by atoms with Crippen LogP contribution >= 0.6 is 15.9 Å². The van der Waals surface area contributed by atoms with Crippen molar-refractivity contribution in [2.45, 2.75) is 19.4 Å². The lowest BCUT2D eigenvalue weighted by atomic mass is 10.1. The van der Waals surface area contributed by atoms with Gasteiger partial charge in [0, 0.05) is 16.9 Å². The Hall–Kier alpha value is -1.46. The smallest absolute Gasteiger partial charge is 0.142 e. The summed E-state index contributed by atoms with van der Waals surface area (Å²) < 4.78 is 6.37. The first kappa shape index (κ1) is 14.9. The normalized spacial score (nSPS) is 12.2. The Morgan fingerprint density at radius 3 is 2.80 bits per heavy atom. The minimum Gasteiger partial charge on any atom is -0.495 e. The van der Waals surface area contributed by atoms with Crippen LogP contribution in [0.3, 0.4) is 0 Å². The molecule has 2 heterocycles. The summed E-state index contributed by atoms with van der Waals surface area (Å²) in [7, 11) is 1.66. The van der Waals surface area contributed by atoms with Crippen LogP contribution in [0.1, 0.15) is 30.8 Å². The van der Waals surface area contributed by atoms with Crippen molar-refractivity contribution < 1.29 is 4.74 Å². The minimum absolute atomic E-state index is 0.0702. The molecule has 0 amide bonds. The summed E-state index contributed by atoms with van der Waals surface area (Å²) in [5.41, 5.74) is 1.79. The third-order valence-corrected chi connectivity index (χ3v) is 3.41. The highest BCUT2D eigenvalue weighted by molar-refractivity contribution is 9.10. The molecule has 0 aliphatic carbocycles. The lowest BCUT2D eigenvalue weighted by Crippen LogP contribution is -2.25. The van der Waals surface area contributed by atoms with E-state index in [0.717, 1.165) is 34.6 Å². The molecule has 5 heteroatoms. The summed E-state index contributed by atoms with van der Waals surface area (Å²) >= 11 is 3.41. The van der Waals surface area contributed by atoms with E-state index in [1.54, 1.807) is 19.5 Å². The standard InChI is InChI=1S/C15H18BrN3O/c1-3-8-17-14(12-7-6-11(16)10-19-12)15-13(20-2)5-4-9-18-15/h4-7,9-10,14,17H,3,8H2,1-2H3. The van der Waals surface area contributed by atoms with Crippen molar-refractivity contribution in [3.05, 3.63) is 52.5 Å². The molecule has 0 radical (unpaired) electrons. The van der Waals surface area contributed by atoms with Crippen molar-refractivity contribution in [3.8, 4) is 5.75 Å². The first-order chi connectivity index (χ1) is 9.76. The van der Waals surface area contributed by atoms with Crippen LogP contribution in [-0.4, -0.2) is 23.6 Å². The van der Waals surface area contributed by atoms with Crippen LogP contribution in [-0.2, 0) is 0 Å². The second-order valence-corrected chi connectivity index (χ2v) is 5.29. The maximum Gasteiger partial charge on any atom is 0.142 e. The molecule has 2 aromatic heterocycles. The van der Waals surface area contributed by atoms with E-state index in [2.05, 4.69) is 38.1 Å². The van der Waals surface area contributed by atoms with Gasteiger partial charge in [0.2, 0.25) is 0 Å². The van der Waals surface area contributed by atoms with Gasteiger partial charge in [-0.25, -0.2) is 0 Å². The van der Waals surface area contributed by atoms with Crippen molar-refractivity contribution >= 4 is 15.9 Å². The Bertz CT molecular complexity index is 545. The average molecular weight is 336 g/mol. The Morgan fingerprint density at radius 2 is 2.15 bits per heavy atom. The molecule has 0 aromatic carbocycles. The molecule has 0 aliphatic rings. The van der Waals surface area contributed by atoms with Gasteiger partial charge in [-0.05, 0) is 53.2 Å². The number of halogens is 1. The van der Waals surface area contributed by atoms with E-state index in [9.17, 15) is 0 Å². The van der Waals surface area contributed by atoms with Crippen molar-refractivity contribution in [2.24, 2.45) is 0 Å². The maximum absolute atomic E-state index is 5.41. The minimum atomic E-state index is -0.0702. The number of pyridine rings is 2. The van der Waals surface area contributed by atoms with E-state index in [1.165, 1.54) is 0 Å². The van der Waals surface area contributed by atoms with Crippen LogP contribution in [0.15, 0.2) is 41.1 Å². The van der Waals surface area contributed by atoms with Crippen LogP contribution in [0.25, 0.3) is 0 Å². The van der Waals surface area contributed by atoms with Crippen molar-refractivity contribution in [2.75, 3.05) is 13.7 Å². The number of nitrogens with one attached hydrogen (secondary N) is 1. The first-order valence-electron chi connectivity index (χ1n) is 6.60. The molecule has 1 atom stereocenters. The molecule has 0 saturated heterocycles. The quantitative estimate of drug-likeness (QED) is 0.879. The first-order valence-corrected chi connectivity index (χ1v) is 7.39. The predicted molar refractivity (Wildman–Crippen MR) is 82.9 cm³/mol. The SMILES string of the molecule is CCCNC(c1ccc(Br)cn1)c1ncccc1OC. The summed E-state index contributed by atoms with van der Waals surface area (Å²) in [6, 6.07) is 7.69. The van der Waals surface area contributed by atoms with Gasteiger partial charge < -0.3 is 10.1 Å². The van der Waals surface area contributed by atoms with Gasteiger partial charge in [-0.3, -0.25) is 9.97 Å².